The molecule has 1 saturated heterocycles. The molecule has 2 aromatic carbocycles. The molecule has 2 aliphatic heterocycles. The minimum absolute atomic E-state index is 0.0401. The molecule has 0 spiro atoms. The number of aromatic nitrogens is 1. The van der Waals surface area contributed by atoms with Crippen molar-refractivity contribution in [2.45, 2.75) is 13.2 Å². The predicted octanol–water partition coefficient (Wildman–Crippen LogP) is 1.37. The summed E-state index contributed by atoms with van der Waals surface area (Å²) in [7, 11) is 0. The molecule has 3 aromatic rings. The highest BCUT2D eigenvalue weighted by molar-refractivity contribution is 6.20. The van der Waals surface area contributed by atoms with Gasteiger partial charge in [0.2, 0.25) is 0 Å². The number of rotatable bonds is 9. The van der Waals surface area contributed by atoms with Crippen LogP contribution < -0.4 is 16.2 Å². The highest BCUT2D eigenvalue weighted by Gasteiger charge is 2.31. The third-order valence-corrected chi connectivity index (χ3v) is 6.33. The van der Waals surface area contributed by atoms with Gasteiger partial charge >= 0.3 is 23.9 Å². The van der Waals surface area contributed by atoms with Gasteiger partial charge in [-0.15, -0.1) is 0 Å². The number of H-pyrrole nitrogens is 1. The van der Waals surface area contributed by atoms with Crippen molar-refractivity contribution in [2.75, 3.05) is 13.1 Å². The van der Waals surface area contributed by atoms with E-state index in [0.717, 1.165) is 40.7 Å². The molecule has 236 valence electrons. The maximum atomic E-state index is 12.1. The second-order valence-corrected chi connectivity index (χ2v) is 9.60. The summed E-state index contributed by atoms with van der Waals surface area (Å²) in [5.41, 5.74) is 2.54. The standard InChI is InChI=1S/C17H16N4O5.C14H11NO5/c22-14-8-13(15(23)20-21-7-6-18-17(21)25)19-9-12(14)16(24)26-10-11-4-2-1-3-5-11;16-12-6-11(13(17)18)15-7-10(12)14(19)20-8-9-4-2-1-3-5-9/h1-5,8-9,12H,6-7,10H2,(H,18,25)(H,20,23);1-7H,8H2,(H,15,16)(H,17,18). The Morgan fingerprint density at radius 1 is 0.935 bits per heavy atom. The summed E-state index contributed by atoms with van der Waals surface area (Å²) in [6.45, 7) is 0.803. The van der Waals surface area contributed by atoms with Crippen LogP contribution in [0.5, 0.6) is 0 Å². The van der Waals surface area contributed by atoms with Gasteiger partial charge in [0.25, 0.3) is 5.91 Å². The van der Waals surface area contributed by atoms with Crippen molar-refractivity contribution in [1.82, 2.24) is 20.7 Å². The van der Waals surface area contributed by atoms with Crippen LogP contribution in [0.15, 0.2) is 94.5 Å². The summed E-state index contributed by atoms with van der Waals surface area (Å²) in [5, 5.41) is 12.3. The van der Waals surface area contributed by atoms with Gasteiger partial charge in [0.05, 0.1) is 6.54 Å². The number of urea groups is 1. The average molecular weight is 630 g/mol. The highest BCUT2D eigenvalue weighted by atomic mass is 16.5. The van der Waals surface area contributed by atoms with E-state index < -0.39 is 47.0 Å². The minimum atomic E-state index is -1.27. The first kappa shape index (κ1) is 32.5. The van der Waals surface area contributed by atoms with Crippen LogP contribution in [0.1, 0.15) is 32.0 Å². The summed E-state index contributed by atoms with van der Waals surface area (Å²) in [4.78, 5) is 87.8. The Morgan fingerprint density at radius 3 is 2.11 bits per heavy atom. The SMILES string of the molecule is O=C(NN1CCNC1=O)C1=CC(=O)C(C(=O)OCc2ccccc2)C=N1.O=C(O)c1cc(=O)c(C(=O)OCc2ccccc2)c[nH]1. The number of ether oxygens (including phenoxy) is 2. The van der Waals surface area contributed by atoms with Gasteiger partial charge in [-0.3, -0.25) is 29.6 Å². The van der Waals surface area contributed by atoms with Crippen LogP contribution in [0.3, 0.4) is 0 Å². The van der Waals surface area contributed by atoms with E-state index in [2.05, 4.69) is 20.7 Å². The quantitative estimate of drug-likeness (QED) is 0.197. The number of carbonyl (C=O) groups is 6. The number of aromatic carboxylic acids is 1. The minimum Gasteiger partial charge on any atom is -0.477 e. The zero-order valence-corrected chi connectivity index (χ0v) is 24.0. The lowest BCUT2D eigenvalue weighted by Gasteiger charge is -2.17. The van der Waals surface area contributed by atoms with Crippen molar-refractivity contribution in [1.29, 1.82) is 0 Å². The molecule has 15 nitrogen and oxygen atoms in total. The molecule has 46 heavy (non-hydrogen) atoms. The summed E-state index contributed by atoms with van der Waals surface area (Å²) in [6, 6.07) is 18.5. The highest BCUT2D eigenvalue weighted by Crippen LogP contribution is 2.13. The Kier molecular flexibility index (Phi) is 10.9. The van der Waals surface area contributed by atoms with Gasteiger partial charge in [0.15, 0.2) is 17.1 Å². The lowest BCUT2D eigenvalue weighted by atomic mass is 10.0. The number of amides is 3. The number of carbonyl (C=O) groups excluding carboxylic acids is 5. The fourth-order valence-electron chi connectivity index (χ4n) is 3.92. The van der Waals surface area contributed by atoms with Crippen LogP contribution in [0.25, 0.3) is 0 Å². The number of pyridine rings is 1. The monoisotopic (exact) mass is 629 g/mol. The number of benzene rings is 2. The third-order valence-electron chi connectivity index (χ3n) is 6.33. The van der Waals surface area contributed by atoms with E-state index >= 15 is 0 Å². The van der Waals surface area contributed by atoms with Crippen molar-refractivity contribution in [3.05, 3.63) is 117 Å². The van der Waals surface area contributed by atoms with E-state index in [1.165, 1.54) is 0 Å². The van der Waals surface area contributed by atoms with Crippen molar-refractivity contribution < 1.29 is 43.3 Å². The number of ketones is 1. The number of nitrogens with zero attached hydrogens (tertiary/aromatic N) is 2. The largest absolute Gasteiger partial charge is 0.477 e. The number of carboxylic acid groups (broad SMARTS) is 1. The predicted molar refractivity (Wildman–Crippen MR) is 159 cm³/mol. The number of hydrogen-bond donors (Lipinski definition) is 4. The number of allylic oxidation sites excluding steroid dienone is 1. The molecular formula is C31H27N5O10. The first-order valence-corrected chi connectivity index (χ1v) is 13.7. The molecule has 1 unspecified atom stereocenters. The summed E-state index contributed by atoms with van der Waals surface area (Å²) in [5.74, 6) is -5.31. The molecule has 3 amide bonds. The van der Waals surface area contributed by atoms with Gasteiger partial charge < -0.3 is 24.9 Å². The lowest BCUT2D eigenvalue weighted by Crippen LogP contribution is -2.45. The molecule has 2 aliphatic rings. The topological polar surface area (TPSA) is 214 Å². The van der Waals surface area contributed by atoms with Gasteiger partial charge in [0.1, 0.15) is 30.2 Å². The number of aromatic amines is 1. The van der Waals surface area contributed by atoms with Crippen LogP contribution in [-0.2, 0) is 37.1 Å². The normalized spacial score (nSPS) is 15.1. The molecule has 1 aromatic heterocycles. The first-order valence-electron chi connectivity index (χ1n) is 13.7. The van der Waals surface area contributed by atoms with Crippen molar-refractivity contribution >= 4 is 41.8 Å². The molecule has 3 heterocycles. The van der Waals surface area contributed by atoms with Crippen LogP contribution in [0, 0.1) is 5.92 Å². The van der Waals surface area contributed by atoms with Crippen molar-refractivity contribution in [3.8, 4) is 0 Å². The molecule has 0 saturated carbocycles. The van der Waals surface area contributed by atoms with Crippen LogP contribution in [-0.4, -0.2) is 70.0 Å². The number of carboxylic acids is 1. The van der Waals surface area contributed by atoms with Crippen LogP contribution in [0.4, 0.5) is 4.79 Å². The van der Waals surface area contributed by atoms with Gasteiger partial charge in [-0.2, -0.15) is 0 Å². The fourth-order valence-corrected chi connectivity index (χ4v) is 3.92. The molecule has 1 fully saturated rings. The Balaban J connectivity index is 0.000000216. The van der Waals surface area contributed by atoms with E-state index in [9.17, 15) is 33.6 Å². The first-order chi connectivity index (χ1) is 22.1. The molecule has 15 heteroatoms. The van der Waals surface area contributed by atoms with E-state index in [-0.39, 0.29) is 30.2 Å². The number of hydrogen-bond acceptors (Lipinski definition) is 10. The zero-order chi connectivity index (χ0) is 33.1. The van der Waals surface area contributed by atoms with Gasteiger partial charge in [-0.05, 0) is 11.1 Å². The third kappa shape index (κ3) is 8.82. The van der Waals surface area contributed by atoms with Crippen LogP contribution in [0.2, 0.25) is 0 Å². The summed E-state index contributed by atoms with van der Waals surface area (Å²) >= 11 is 0. The molecule has 0 bridgehead atoms. The Labute approximate surface area is 260 Å². The Morgan fingerprint density at radius 2 is 1.57 bits per heavy atom. The van der Waals surface area contributed by atoms with E-state index in [4.69, 9.17) is 14.6 Å². The molecule has 4 N–H and O–H groups in total. The molecule has 5 rings (SSSR count). The zero-order valence-electron chi connectivity index (χ0n) is 24.0. The Bertz CT molecular complexity index is 1750. The maximum Gasteiger partial charge on any atom is 0.352 e. The number of nitrogens with one attached hydrogen (secondary N) is 3. The van der Waals surface area contributed by atoms with Gasteiger partial charge in [-0.1, -0.05) is 60.7 Å². The maximum absolute atomic E-state index is 12.1. The number of esters is 2. The summed E-state index contributed by atoms with van der Waals surface area (Å²) < 4.78 is 10.1. The van der Waals surface area contributed by atoms with Crippen molar-refractivity contribution in [2.24, 2.45) is 10.9 Å². The second-order valence-electron chi connectivity index (χ2n) is 9.60. The van der Waals surface area contributed by atoms with Gasteiger partial charge in [-0.25, -0.2) is 19.4 Å². The molecule has 1 atom stereocenters. The van der Waals surface area contributed by atoms with E-state index in [0.29, 0.717) is 13.1 Å². The lowest BCUT2D eigenvalue weighted by molar-refractivity contribution is -0.149. The van der Waals surface area contributed by atoms with E-state index in [1.807, 2.05) is 24.3 Å². The average Bonchev–Trinajstić information content (AvgIpc) is 3.47. The van der Waals surface area contributed by atoms with Gasteiger partial charge in [0, 0.05) is 31.1 Å². The molecule has 0 aliphatic carbocycles. The van der Waals surface area contributed by atoms with E-state index in [1.54, 1.807) is 36.4 Å². The second kappa shape index (κ2) is 15.4. The number of aliphatic imine (C=N–C) groups is 1. The molecular weight excluding hydrogens is 602 g/mol. The van der Waals surface area contributed by atoms with Crippen molar-refractivity contribution in [3.63, 3.8) is 0 Å². The summed E-state index contributed by atoms with van der Waals surface area (Å²) in [6.07, 6.45) is 3.09. The molecule has 0 radical (unpaired) electrons. The smallest absolute Gasteiger partial charge is 0.352 e. The number of hydrazine groups is 1. The fraction of sp³-hybridized carbons (Fsp3) is 0.161. The Hall–Kier alpha value is -6.38. The van der Waals surface area contributed by atoms with Crippen LogP contribution >= 0.6 is 0 Å².